The zero-order valence-corrected chi connectivity index (χ0v) is 18.1. The van der Waals surface area contributed by atoms with Gasteiger partial charge in [0.2, 0.25) is 5.91 Å². The summed E-state index contributed by atoms with van der Waals surface area (Å²) in [5, 5.41) is 12.1. The minimum Gasteiger partial charge on any atom is -0.479 e. The number of rotatable bonds is 8. The van der Waals surface area contributed by atoms with Gasteiger partial charge < -0.3 is 14.5 Å². The predicted octanol–water partition coefficient (Wildman–Crippen LogP) is 5.49. The quantitative estimate of drug-likeness (QED) is 0.456. The van der Waals surface area contributed by atoms with E-state index >= 15 is 0 Å². The van der Waals surface area contributed by atoms with Crippen molar-refractivity contribution < 1.29 is 13.9 Å². The highest BCUT2D eigenvalue weighted by Crippen LogP contribution is 2.31. The van der Waals surface area contributed by atoms with Crippen molar-refractivity contribution in [3.8, 4) is 5.75 Å². The zero-order valence-electron chi connectivity index (χ0n) is 15.8. The fourth-order valence-electron chi connectivity index (χ4n) is 2.49. The molecule has 9 heteroatoms. The summed E-state index contributed by atoms with van der Waals surface area (Å²) in [6.45, 7) is 3.70. The predicted molar refractivity (Wildman–Crippen MR) is 114 cm³/mol. The Kier molecular flexibility index (Phi) is 7.41. The van der Waals surface area contributed by atoms with Crippen LogP contribution < -0.4 is 10.1 Å². The summed E-state index contributed by atoms with van der Waals surface area (Å²) in [7, 11) is 0. The van der Waals surface area contributed by atoms with Crippen LogP contribution in [0.4, 0.5) is 0 Å². The number of nitrogens with zero attached hydrogens (tertiary/aromatic N) is 2. The number of hydrogen-bond acceptors (Lipinski definition) is 6. The molecule has 0 aliphatic carbocycles. The van der Waals surface area contributed by atoms with Crippen molar-refractivity contribution in [2.45, 2.75) is 31.2 Å². The van der Waals surface area contributed by atoms with Crippen LogP contribution in [0.15, 0.2) is 58.2 Å². The van der Waals surface area contributed by atoms with Crippen LogP contribution in [0.3, 0.4) is 0 Å². The second kappa shape index (κ2) is 10.0. The fourth-order valence-corrected chi connectivity index (χ4v) is 3.52. The highest BCUT2D eigenvalue weighted by molar-refractivity contribution is 7.99. The Labute approximate surface area is 182 Å². The number of carbonyl (C=O) groups is 1. The maximum absolute atomic E-state index is 12.2. The van der Waals surface area contributed by atoms with Gasteiger partial charge in [-0.15, -0.1) is 10.2 Å². The number of benzene rings is 2. The molecule has 0 bridgehead atoms. The number of hydrogen-bond donors (Lipinski definition) is 1. The van der Waals surface area contributed by atoms with E-state index in [1.54, 1.807) is 25.1 Å². The molecule has 1 heterocycles. The Hall–Kier alpha value is -2.22. The highest BCUT2D eigenvalue weighted by atomic mass is 35.5. The molecule has 0 spiro atoms. The van der Waals surface area contributed by atoms with Gasteiger partial charge in [-0.1, -0.05) is 65.3 Å². The van der Waals surface area contributed by atoms with Crippen LogP contribution in [0.25, 0.3) is 0 Å². The van der Waals surface area contributed by atoms with Crippen molar-refractivity contribution in [1.29, 1.82) is 0 Å². The van der Waals surface area contributed by atoms with E-state index in [1.807, 2.05) is 37.3 Å². The number of aromatic nitrogens is 2. The molecule has 3 aromatic rings. The van der Waals surface area contributed by atoms with Crippen molar-refractivity contribution in [2.75, 3.05) is 5.75 Å². The van der Waals surface area contributed by atoms with Crippen LogP contribution in [-0.2, 0) is 4.79 Å². The first-order chi connectivity index (χ1) is 13.9. The minimum atomic E-state index is -0.512. The summed E-state index contributed by atoms with van der Waals surface area (Å²) < 4.78 is 11.3. The average Bonchev–Trinajstić information content (AvgIpc) is 3.18. The molecule has 3 rings (SSSR count). The van der Waals surface area contributed by atoms with E-state index in [1.165, 1.54) is 0 Å². The molecular weight excluding hydrogens is 433 g/mol. The minimum absolute atomic E-state index is 0.0832. The van der Waals surface area contributed by atoms with E-state index in [-0.39, 0.29) is 23.6 Å². The van der Waals surface area contributed by atoms with Crippen LogP contribution in [0.5, 0.6) is 5.75 Å². The lowest BCUT2D eigenvalue weighted by molar-refractivity contribution is -0.119. The lowest BCUT2D eigenvalue weighted by Crippen LogP contribution is -2.28. The molecule has 1 N–H and O–H groups in total. The second-order valence-corrected chi connectivity index (χ2v) is 8.00. The van der Waals surface area contributed by atoms with E-state index < -0.39 is 6.10 Å². The van der Waals surface area contributed by atoms with Gasteiger partial charge in [0.1, 0.15) is 5.75 Å². The summed E-state index contributed by atoms with van der Waals surface area (Å²) >= 11 is 13.2. The number of halogens is 2. The van der Waals surface area contributed by atoms with Gasteiger partial charge in [-0.2, -0.15) is 0 Å². The van der Waals surface area contributed by atoms with Crippen LogP contribution in [0.2, 0.25) is 10.0 Å². The molecule has 6 nitrogen and oxygen atoms in total. The molecule has 0 aliphatic heterocycles. The van der Waals surface area contributed by atoms with Crippen LogP contribution in [0.1, 0.15) is 37.4 Å². The molecule has 152 valence electrons. The number of ether oxygens (including phenoxy) is 1. The molecular formula is C20H19Cl2N3O3S. The van der Waals surface area contributed by atoms with Crippen LogP contribution in [0, 0.1) is 0 Å². The van der Waals surface area contributed by atoms with Crippen molar-refractivity contribution in [3.63, 3.8) is 0 Å². The summed E-state index contributed by atoms with van der Waals surface area (Å²) in [5.74, 6) is 0.794. The Morgan fingerprint density at radius 1 is 1.17 bits per heavy atom. The fraction of sp³-hybridized carbons (Fsp3) is 0.250. The lowest BCUT2D eigenvalue weighted by Gasteiger charge is -2.13. The van der Waals surface area contributed by atoms with E-state index in [9.17, 15) is 4.79 Å². The molecule has 0 fully saturated rings. The molecule has 0 aliphatic rings. The van der Waals surface area contributed by atoms with Crippen molar-refractivity contribution in [3.05, 3.63) is 70.0 Å². The lowest BCUT2D eigenvalue weighted by atomic mass is 10.1. The molecule has 2 aromatic carbocycles. The number of thioether (sulfide) groups is 1. The maximum atomic E-state index is 12.2. The normalized spacial score (nSPS) is 13.0. The van der Waals surface area contributed by atoms with E-state index in [0.717, 1.165) is 17.3 Å². The van der Waals surface area contributed by atoms with E-state index in [2.05, 4.69) is 15.5 Å². The third-order valence-corrected chi connectivity index (χ3v) is 5.32. The zero-order chi connectivity index (χ0) is 20.8. The maximum Gasteiger partial charge on any atom is 0.277 e. The summed E-state index contributed by atoms with van der Waals surface area (Å²) in [5.41, 5.74) is 1.04. The first kappa shape index (κ1) is 21.5. The Balaban J connectivity index is 1.51. The summed E-state index contributed by atoms with van der Waals surface area (Å²) in [4.78, 5) is 12.2. The molecule has 1 amide bonds. The van der Waals surface area contributed by atoms with Gasteiger partial charge in [-0.3, -0.25) is 4.79 Å². The molecule has 2 atom stereocenters. The van der Waals surface area contributed by atoms with Gasteiger partial charge >= 0.3 is 0 Å². The van der Waals surface area contributed by atoms with Crippen LogP contribution >= 0.6 is 35.0 Å². The molecule has 29 heavy (non-hydrogen) atoms. The first-order valence-corrected chi connectivity index (χ1v) is 10.6. The Morgan fingerprint density at radius 3 is 2.66 bits per heavy atom. The third kappa shape index (κ3) is 6.13. The number of carbonyl (C=O) groups excluding carboxylic acids is 1. The molecule has 0 saturated carbocycles. The molecule has 1 aromatic heterocycles. The second-order valence-electron chi connectivity index (χ2n) is 6.23. The molecule has 0 radical (unpaired) electrons. The SMILES string of the molecule is C[C@H](Oc1ccc(Cl)cc1Cl)c1nnc(SCC(=O)N[C@H](C)c2ccccc2)o1. The van der Waals surface area contributed by atoms with E-state index in [0.29, 0.717) is 21.0 Å². The Morgan fingerprint density at radius 2 is 1.93 bits per heavy atom. The first-order valence-electron chi connectivity index (χ1n) is 8.84. The largest absolute Gasteiger partial charge is 0.479 e. The van der Waals surface area contributed by atoms with Gasteiger partial charge in [0, 0.05) is 5.02 Å². The van der Waals surface area contributed by atoms with Crippen molar-refractivity contribution in [2.24, 2.45) is 0 Å². The van der Waals surface area contributed by atoms with Crippen molar-refractivity contribution >= 4 is 40.9 Å². The number of amides is 1. The molecule has 0 unspecified atom stereocenters. The Bertz CT molecular complexity index is 969. The topological polar surface area (TPSA) is 77.2 Å². The van der Waals surface area contributed by atoms with Crippen molar-refractivity contribution in [1.82, 2.24) is 15.5 Å². The van der Waals surface area contributed by atoms with Gasteiger partial charge in [-0.05, 0) is 37.6 Å². The third-order valence-electron chi connectivity index (χ3n) is 3.97. The van der Waals surface area contributed by atoms with Crippen LogP contribution in [-0.4, -0.2) is 21.9 Å². The van der Waals surface area contributed by atoms with Gasteiger partial charge in [0.05, 0.1) is 16.8 Å². The monoisotopic (exact) mass is 451 g/mol. The summed E-state index contributed by atoms with van der Waals surface area (Å²) in [6, 6.07) is 14.6. The highest BCUT2D eigenvalue weighted by Gasteiger charge is 2.18. The molecule has 0 saturated heterocycles. The average molecular weight is 452 g/mol. The van der Waals surface area contributed by atoms with Gasteiger partial charge in [0.15, 0.2) is 6.10 Å². The summed E-state index contributed by atoms with van der Waals surface area (Å²) in [6.07, 6.45) is -0.512. The smallest absolute Gasteiger partial charge is 0.277 e. The van der Waals surface area contributed by atoms with E-state index in [4.69, 9.17) is 32.4 Å². The standard InChI is InChI=1S/C20H19Cl2N3O3S/c1-12(14-6-4-3-5-7-14)23-18(26)11-29-20-25-24-19(28-20)13(2)27-17-9-8-15(21)10-16(17)22/h3-10,12-13H,11H2,1-2H3,(H,23,26)/t12-,13+/m1/s1. The van der Waals surface area contributed by atoms with Gasteiger partial charge in [-0.25, -0.2) is 0 Å². The number of nitrogens with one attached hydrogen (secondary N) is 1. The van der Waals surface area contributed by atoms with Gasteiger partial charge in [0.25, 0.3) is 11.1 Å².